The molecule has 0 radical (unpaired) electrons. The first-order chi connectivity index (χ1) is 11.6. The van der Waals surface area contributed by atoms with E-state index in [0.29, 0.717) is 11.1 Å². The fourth-order valence-corrected chi connectivity index (χ4v) is 4.03. The quantitative estimate of drug-likeness (QED) is 0.778. The van der Waals surface area contributed by atoms with E-state index in [1.165, 1.54) is 4.90 Å². The molecule has 5 nitrogen and oxygen atoms in total. The highest BCUT2D eigenvalue weighted by Gasteiger charge is 2.38. The molecular formula is C18H15BrN2O3. The molecule has 4 rings (SSSR count). The van der Waals surface area contributed by atoms with Gasteiger partial charge in [0.25, 0.3) is 11.8 Å². The van der Waals surface area contributed by atoms with Gasteiger partial charge in [0.2, 0.25) is 0 Å². The highest BCUT2D eigenvalue weighted by Crippen LogP contribution is 2.37. The summed E-state index contributed by atoms with van der Waals surface area (Å²) in [4.78, 5) is 26.4. The number of nitrogens with zero attached hydrogens (tertiary/aromatic N) is 1. The van der Waals surface area contributed by atoms with Crippen molar-refractivity contribution in [2.75, 3.05) is 13.1 Å². The third-order valence-electron chi connectivity index (χ3n) is 4.63. The van der Waals surface area contributed by atoms with Crippen molar-refractivity contribution in [2.24, 2.45) is 0 Å². The Hall–Kier alpha value is -2.18. The number of carbonyl (C=O) groups is 2. The van der Waals surface area contributed by atoms with E-state index < -0.39 is 0 Å². The standard InChI is InChI=1S/C18H15BrN2O3/c19-13-5-6-15(22)16-12(13)7-8-20-14(16)9-21-17(23)10-3-1-2-4-11(10)18(21)24/h1-6,14,20,22H,7-9H2/t14-/m1/s1. The minimum atomic E-state index is -0.284. The molecule has 2 aromatic rings. The summed E-state index contributed by atoms with van der Waals surface area (Å²) in [5.74, 6) is -0.375. The van der Waals surface area contributed by atoms with Gasteiger partial charge < -0.3 is 10.4 Å². The topological polar surface area (TPSA) is 69.6 Å². The number of amides is 2. The summed E-state index contributed by atoms with van der Waals surface area (Å²) in [5.41, 5.74) is 2.66. The predicted octanol–water partition coefficient (Wildman–Crippen LogP) is 2.64. The fourth-order valence-electron chi connectivity index (χ4n) is 3.49. The van der Waals surface area contributed by atoms with E-state index in [9.17, 15) is 14.7 Å². The number of carbonyl (C=O) groups excluding carboxylic acids is 2. The zero-order chi connectivity index (χ0) is 16.8. The Kier molecular flexibility index (Phi) is 3.66. The second-order valence-corrected chi connectivity index (χ2v) is 6.84. The Morgan fingerprint density at radius 3 is 2.46 bits per heavy atom. The van der Waals surface area contributed by atoms with Gasteiger partial charge in [-0.2, -0.15) is 0 Å². The number of hydrogen-bond donors (Lipinski definition) is 2. The highest BCUT2D eigenvalue weighted by atomic mass is 79.9. The van der Waals surface area contributed by atoms with Crippen LogP contribution in [0.5, 0.6) is 5.75 Å². The van der Waals surface area contributed by atoms with Gasteiger partial charge in [0.1, 0.15) is 5.75 Å². The summed E-state index contributed by atoms with van der Waals surface area (Å²) in [7, 11) is 0. The zero-order valence-electron chi connectivity index (χ0n) is 12.8. The van der Waals surface area contributed by atoms with Crippen molar-refractivity contribution in [1.29, 1.82) is 0 Å². The normalized spacial score (nSPS) is 19.4. The molecule has 0 fully saturated rings. The van der Waals surface area contributed by atoms with Crippen molar-refractivity contribution < 1.29 is 14.7 Å². The summed E-state index contributed by atoms with van der Waals surface area (Å²) in [6.45, 7) is 0.923. The number of phenolic OH excluding ortho intramolecular Hbond substituents is 1. The number of aromatic hydroxyl groups is 1. The number of halogens is 1. The minimum Gasteiger partial charge on any atom is -0.508 e. The molecule has 2 aromatic carbocycles. The van der Waals surface area contributed by atoms with E-state index in [-0.39, 0.29) is 30.2 Å². The third-order valence-corrected chi connectivity index (χ3v) is 5.38. The minimum absolute atomic E-state index is 0.182. The van der Waals surface area contributed by atoms with Crippen LogP contribution in [0.4, 0.5) is 0 Å². The molecule has 24 heavy (non-hydrogen) atoms. The number of phenols is 1. The van der Waals surface area contributed by atoms with E-state index in [4.69, 9.17) is 0 Å². The van der Waals surface area contributed by atoms with Crippen LogP contribution in [0.3, 0.4) is 0 Å². The van der Waals surface area contributed by atoms with Crippen molar-refractivity contribution in [3.63, 3.8) is 0 Å². The Morgan fingerprint density at radius 1 is 1.12 bits per heavy atom. The SMILES string of the molecule is O=C1c2ccccc2C(=O)N1C[C@H]1NCCc2c(Br)ccc(O)c21. The van der Waals surface area contributed by atoms with Gasteiger partial charge in [0.15, 0.2) is 0 Å². The lowest BCUT2D eigenvalue weighted by atomic mass is 9.93. The third kappa shape index (κ3) is 2.25. The number of imide groups is 1. The van der Waals surface area contributed by atoms with Gasteiger partial charge in [-0.05, 0) is 42.8 Å². The van der Waals surface area contributed by atoms with E-state index in [1.807, 2.05) is 6.07 Å². The lowest BCUT2D eigenvalue weighted by Crippen LogP contribution is -2.41. The molecule has 2 aliphatic rings. The van der Waals surface area contributed by atoms with Gasteiger partial charge in [0.05, 0.1) is 17.2 Å². The first-order valence-corrected chi connectivity index (χ1v) is 8.56. The van der Waals surface area contributed by atoms with Gasteiger partial charge >= 0.3 is 0 Å². The molecule has 0 aromatic heterocycles. The second-order valence-electron chi connectivity index (χ2n) is 5.98. The summed E-state index contributed by atoms with van der Waals surface area (Å²) in [5, 5.41) is 13.6. The Labute approximate surface area is 147 Å². The number of rotatable bonds is 2. The van der Waals surface area contributed by atoms with E-state index >= 15 is 0 Å². The van der Waals surface area contributed by atoms with Gasteiger partial charge in [-0.1, -0.05) is 28.1 Å². The average Bonchev–Trinajstić information content (AvgIpc) is 2.84. The largest absolute Gasteiger partial charge is 0.508 e. The Balaban J connectivity index is 1.69. The van der Waals surface area contributed by atoms with Crippen molar-refractivity contribution in [3.8, 4) is 5.75 Å². The summed E-state index contributed by atoms with van der Waals surface area (Å²) in [6.07, 6.45) is 0.781. The van der Waals surface area contributed by atoms with Crippen LogP contribution < -0.4 is 5.32 Å². The maximum Gasteiger partial charge on any atom is 0.261 e. The molecule has 1 atom stereocenters. The number of nitrogens with one attached hydrogen (secondary N) is 1. The van der Waals surface area contributed by atoms with Crippen molar-refractivity contribution in [2.45, 2.75) is 12.5 Å². The van der Waals surface area contributed by atoms with Crippen LogP contribution in [0.1, 0.15) is 37.9 Å². The van der Waals surface area contributed by atoms with Crippen LogP contribution in [-0.2, 0) is 6.42 Å². The molecular weight excluding hydrogens is 372 g/mol. The molecule has 6 heteroatoms. The van der Waals surface area contributed by atoms with Crippen LogP contribution in [-0.4, -0.2) is 34.9 Å². The van der Waals surface area contributed by atoms with Crippen LogP contribution in [0.2, 0.25) is 0 Å². The molecule has 0 aliphatic carbocycles. The van der Waals surface area contributed by atoms with Crippen LogP contribution in [0, 0.1) is 0 Å². The van der Waals surface area contributed by atoms with E-state index in [2.05, 4.69) is 21.2 Å². The van der Waals surface area contributed by atoms with Crippen molar-refractivity contribution in [3.05, 3.63) is 63.1 Å². The molecule has 2 heterocycles. The van der Waals surface area contributed by atoms with Gasteiger partial charge in [-0.25, -0.2) is 0 Å². The summed E-state index contributed by atoms with van der Waals surface area (Å²) in [6, 6.07) is 10.0. The average molecular weight is 387 g/mol. The maximum atomic E-state index is 12.6. The molecule has 0 unspecified atom stereocenters. The van der Waals surface area contributed by atoms with Crippen LogP contribution in [0.25, 0.3) is 0 Å². The van der Waals surface area contributed by atoms with E-state index in [1.54, 1.807) is 30.3 Å². The predicted molar refractivity (Wildman–Crippen MR) is 92.1 cm³/mol. The van der Waals surface area contributed by atoms with Crippen molar-refractivity contribution >= 4 is 27.7 Å². The molecule has 2 amide bonds. The fraction of sp³-hybridized carbons (Fsp3) is 0.222. The number of hydrogen-bond acceptors (Lipinski definition) is 4. The van der Waals surface area contributed by atoms with Gasteiger partial charge in [-0.15, -0.1) is 0 Å². The lowest BCUT2D eigenvalue weighted by molar-refractivity contribution is 0.0636. The smallest absolute Gasteiger partial charge is 0.261 e. The number of benzene rings is 2. The molecule has 0 saturated heterocycles. The monoisotopic (exact) mass is 386 g/mol. The summed E-state index contributed by atoms with van der Waals surface area (Å²) >= 11 is 3.52. The van der Waals surface area contributed by atoms with Crippen LogP contribution in [0.15, 0.2) is 40.9 Å². The number of fused-ring (bicyclic) bond motifs is 2. The molecule has 2 aliphatic heterocycles. The molecule has 2 N–H and O–H groups in total. The highest BCUT2D eigenvalue weighted by molar-refractivity contribution is 9.10. The molecule has 0 spiro atoms. The summed E-state index contributed by atoms with van der Waals surface area (Å²) < 4.78 is 0.934. The Bertz CT molecular complexity index is 830. The van der Waals surface area contributed by atoms with Gasteiger partial charge in [-0.3, -0.25) is 14.5 Å². The molecule has 0 saturated carbocycles. The van der Waals surface area contributed by atoms with Crippen molar-refractivity contribution in [1.82, 2.24) is 10.2 Å². The lowest BCUT2D eigenvalue weighted by Gasteiger charge is -2.30. The second kappa shape index (κ2) is 5.72. The molecule has 122 valence electrons. The van der Waals surface area contributed by atoms with Gasteiger partial charge in [0, 0.05) is 16.6 Å². The van der Waals surface area contributed by atoms with E-state index in [0.717, 1.165) is 28.6 Å². The first-order valence-electron chi connectivity index (χ1n) is 7.77. The molecule has 0 bridgehead atoms. The zero-order valence-corrected chi connectivity index (χ0v) is 14.3. The maximum absolute atomic E-state index is 12.6. The van der Waals surface area contributed by atoms with Crippen LogP contribution >= 0.6 is 15.9 Å². The first kappa shape index (κ1) is 15.4. The Morgan fingerprint density at radius 2 is 1.79 bits per heavy atom.